The van der Waals surface area contributed by atoms with Gasteiger partial charge in [0.05, 0.1) is 11.5 Å². The Labute approximate surface area is 181 Å². The van der Waals surface area contributed by atoms with Crippen molar-refractivity contribution in [1.82, 2.24) is 0 Å². The Morgan fingerprint density at radius 1 is 1.03 bits per heavy atom. The predicted molar refractivity (Wildman–Crippen MR) is 106 cm³/mol. The minimum atomic E-state index is -4.18. The maximum Gasteiger partial charge on any atom is 0.297 e. The minimum Gasteiger partial charge on any atom is -0.348 e. The van der Waals surface area contributed by atoms with E-state index < -0.39 is 52.4 Å². The zero-order valence-corrected chi connectivity index (χ0v) is 18.8. The maximum atomic E-state index is 13.0. The lowest BCUT2D eigenvalue weighted by Gasteiger charge is -2.28. The third kappa shape index (κ3) is 4.77. The molecule has 0 bridgehead atoms. The van der Waals surface area contributed by atoms with E-state index in [1.54, 1.807) is 27.7 Å². The van der Waals surface area contributed by atoms with Crippen LogP contribution in [0.5, 0.6) is 0 Å². The first-order chi connectivity index (χ1) is 14.4. The van der Waals surface area contributed by atoms with Gasteiger partial charge >= 0.3 is 0 Å². The zero-order valence-electron chi connectivity index (χ0n) is 18.0. The van der Waals surface area contributed by atoms with Crippen molar-refractivity contribution in [1.29, 1.82) is 0 Å². The van der Waals surface area contributed by atoms with Crippen molar-refractivity contribution in [3.63, 3.8) is 0 Å². The summed E-state index contributed by atoms with van der Waals surface area (Å²) in [5.41, 5.74) is 0.474. The highest BCUT2D eigenvalue weighted by Crippen LogP contribution is 2.42. The second kappa shape index (κ2) is 7.77. The SMILES string of the molecule is CC(=O)Nc1ccc(S(=O)(=O)O[C@H]2[C@H]3OC(C)(C)O[C@H]3O[C@@H]2[C@H]2COC(C)(C)O2)cc1. The van der Waals surface area contributed by atoms with E-state index >= 15 is 0 Å². The smallest absolute Gasteiger partial charge is 0.297 e. The average Bonchev–Trinajstić information content (AvgIpc) is 3.25. The number of ether oxygens (including phenoxy) is 5. The largest absolute Gasteiger partial charge is 0.348 e. The van der Waals surface area contributed by atoms with Gasteiger partial charge in [0.25, 0.3) is 10.1 Å². The Hall–Kier alpha value is -1.60. The number of amides is 1. The summed E-state index contributed by atoms with van der Waals surface area (Å²) in [6.07, 6.45) is -3.90. The fourth-order valence-electron chi connectivity index (χ4n) is 3.90. The number of fused-ring (bicyclic) bond motifs is 1. The van der Waals surface area contributed by atoms with Gasteiger partial charge in [-0.3, -0.25) is 8.98 Å². The van der Waals surface area contributed by atoms with Crippen LogP contribution in [0.1, 0.15) is 34.6 Å². The van der Waals surface area contributed by atoms with Crippen LogP contribution >= 0.6 is 0 Å². The molecule has 11 heteroatoms. The molecule has 172 valence electrons. The van der Waals surface area contributed by atoms with Gasteiger partial charge < -0.3 is 29.0 Å². The van der Waals surface area contributed by atoms with Crippen molar-refractivity contribution < 1.29 is 41.1 Å². The first-order valence-electron chi connectivity index (χ1n) is 9.99. The number of carbonyl (C=O) groups excluding carboxylic acids is 1. The van der Waals surface area contributed by atoms with Crippen molar-refractivity contribution in [3.05, 3.63) is 24.3 Å². The fraction of sp³-hybridized carbons (Fsp3) is 0.650. The van der Waals surface area contributed by atoms with E-state index in [0.717, 1.165) is 0 Å². The molecular formula is C20H27NO9S. The summed E-state index contributed by atoms with van der Waals surface area (Å²) in [6.45, 7) is 8.55. The first-order valence-corrected chi connectivity index (χ1v) is 11.4. The number of hydrogen-bond donors (Lipinski definition) is 1. The maximum absolute atomic E-state index is 13.0. The van der Waals surface area contributed by atoms with Crippen LogP contribution in [0.25, 0.3) is 0 Å². The Kier molecular flexibility index (Phi) is 5.66. The quantitative estimate of drug-likeness (QED) is 0.660. The molecule has 0 saturated carbocycles. The van der Waals surface area contributed by atoms with E-state index in [1.807, 2.05) is 0 Å². The summed E-state index contributed by atoms with van der Waals surface area (Å²) >= 11 is 0. The Morgan fingerprint density at radius 2 is 1.71 bits per heavy atom. The molecule has 0 spiro atoms. The predicted octanol–water partition coefficient (Wildman–Crippen LogP) is 1.75. The molecule has 0 unspecified atom stereocenters. The first kappa shape index (κ1) is 22.6. The Balaban J connectivity index is 1.57. The molecule has 3 fully saturated rings. The number of anilines is 1. The Morgan fingerprint density at radius 3 is 2.29 bits per heavy atom. The molecule has 3 aliphatic heterocycles. The summed E-state index contributed by atoms with van der Waals surface area (Å²) in [5.74, 6) is -2.03. The van der Waals surface area contributed by atoms with E-state index in [0.29, 0.717) is 5.69 Å². The molecule has 0 radical (unpaired) electrons. The minimum absolute atomic E-state index is 0.0640. The number of hydrogen-bond acceptors (Lipinski definition) is 9. The molecule has 31 heavy (non-hydrogen) atoms. The van der Waals surface area contributed by atoms with E-state index in [2.05, 4.69) is 5.32 Å². The molecule has 1 aromatic carbocycles. The molecule has 10 nitrogen and oxygen atoms in total. The van der Waals surface area contributed by atoms with Crippen molar-refractivity contribution in [2.24, 2.45) is 0 Å². The third-order valence-corrected chi connectivity index (χ3v) is 6.45. The highest BCUT2D eigenvalue weighted by molar-refractivity contribution is 7.86. The second-order valence-corrected chi connectivity index (χ2v) is 10.2. The number of benzene rings is 1. The summed E-state index contributed by atoms with van der Waals surface area (Å²) in [6, 6.07) is 5.68. The molecule has 0 aliphatic carbocycles. The topological polar surface area (TPSA) is 119 Å². The molecule has 4 rings (SSSR count). The van der Waals surface area contributed by atoms with Gasteiger partial charge in [-0.05, 0) is 52.0 Å². The summed E-state index contributed by atoms with van der Waals surface area (Å²) in [5, 5.41) is 2.59. The average molecular weight is 458 g/mol. The van der Waals surface area contributed by atoms with Crippen LogP contribution in [0.4, 0.5) is 5.69 Å². The van der Waals surface area contributed by atoms with Gasteiger partial charge in [0, 0.05) is 12.6 Å². The van der Waals surface area contributed by atoms with E-state index in [4.69, 9.17) is 27.9 Å². The van der Waals surface area contributed by atoms with E-state index in [-0.39, 0.29) is 17.4 Å². The lowest BCUT2D eigenvalue weighted by molar-refractivity contribution is -0.230. The molecule has 3 saturated heterocycles. The van der Waals surface area contributed by atoms with Crippen LogP contribution in [-0.2, 0) is 42.8 Å². The van der Waals surface area contributed by atoms with Gasteiger partial charge in [0.2, 0.25) is 5.91 Å². The fourth-order valence-corrected chi connectivity index (χ4v) is 4.99. The van der Waals surface area contributed by atoms with Gasteiger partial charge in [-0.1, -0.05) is 0 Å². The van der Waals surface area contributed by atoms with Crippen molar-refractivity contribution in [2.45, 2.75) is 81.8 Å². The van der Waals surface area contributed by atoms with Crippen LogP contribution in [0.3, 0.4) is 0 Å². The summed E-state index contributed by atoms with van der Waals surface area (Å²) < 4.78 is 60.8. The third-order valence-electron chi connectivity index (χ3n) is 5.12. The van der Waals surface area contributed by atoms with Crippen LogP contribution in [0.15, 0.2) is 29.2 Å². The monoisotopic (exact) mass is 457 g/mol. The normalized spacial score (nSPS) is 33.9. The molecule has 1 N–H and O–H groups in total. The standard InChI is InChI=1S/C20H27NO9S/c1-11(22)21-12-6-8-13(9-7-12)31(23,24)30-16-15(14-10-25-19(2,3)27-14)26-18-17(16)28-20(4,5)29-18/h6-9,14-18H,10H2,1-5H3,(H,21,22)/t14-,15-,16-,17-,18-/m1/s1. The number of carbonyl (C=O) groups is 1. The Bertz CT molecular complexity index is 944. The van der Waals surface area contributed by atoms with Gasteiger partial charge in [-0.25, -0.2) is 0 Å². The number of rotatable bonds is 5. The molecule has 3 aliphatic rings. The molecular weight excluding hydrogens is 430 g/mol. The highest BCUT2D eigenvalue weighted by atomic mass is 32.2. The van der Waals surface area contributed by atoms with E-state index in [1.165, 1.54) is 31.2 Å². The second-order valence-electron chi connectivity index (χ2n) is 8.66. The van der Waals surface area contributed by atoms with Crippen LogP contribution in [0, 0.1) is 0 Å². The van der Waals surface area contributed by atoms with Gasteiger partial charge in [0.1, 0.15) is 24.4 Å². The summed E-state index contributed by atoms with van der Waals surface area (Å²) in [4.78, 5) is 11.1. The lowest BCUT2D eigenvalue weighted by Crippen LogP contribution is -2.45. The molecule has 1 aromatic rings. The number of nitrogens with one attached hydrogen (secondary N) is 1. The van der Waals surface area contributed by atoms with Crippen molar-refractivity contribution in [2.75, 3.05) is 11.9 Å². The van der Waals surface area contributed by atoms with Crippen LogP contribution in [-0.4, -0.2) is 63.2 Å². The van der Waals surface area contributed by atoms with Gasteiger partial charge in [0.15, 0.2) is 17.9 Å². The van der Waals surface area contributed by atoms with Crippen molar-refractivity contribution in [3.8, 4) is 0 Å². The van der Waals surface area contributed by atoms with Crippen LogP contribution in [0.2, 0.25) is 0 Å². The molecule has 0 aromatic heterocycles. The van der Waals surface area contributed by atoms with Crippen LogP contribution < -0.4 is 5.32 Å². The van der Waals surface area contributed by atoms with Crippen molar-refractivity contribution >= 4 is 21.7 Å². The molecule has 5 atom stereocenters. The lowest BCUT2D eigenvalue weighted by atomic mass is 10.1. The molecule has 1 amide bonds. The highest BCUT2D eigenvalue weighted by Gasteiger charge is 2.60. The zero-order chi connectivity index (χ0) is 22.6. The van der Waals surface area contributed by atoms with E-state index in [9.17, 15) is 13.2 Å². The van der Waals surface area contributed by atoms with Gasteiger partial charge in [-0.2, -0.15) is 8.42 Å². The molecule has 3 heterocycles. The summed E-state index contributed by atoms with van der Waals surface area (Å²) in [7, 11) is -4.18. The van der Waals surface area contributed by atoms with Gasteiger partial charge in [-0.15, -0.1) is 0 Å².